The van der Waals surface area contributed by atoms with Gasteiger partial charge in [0, 0.05) is 0 Å². The van der Waals surface area contributed by atoms with Crippen LogP contribution in [-0.2, 0) is 0 Å². The lowest BCUT2D eigenvalue weighted by molar-refractivity contribution is -0.385. The predicted molar refractivity (Wildman–Crippen MR) is 48.0 cm³/mol. The van der Waals surface area contributed by atoms with Crippen LogP contribution >= 0.6 is 15.9 Å². The smallest absolute Gasteiger partial charge is 0.325 e. The molecule has 2 N–H and O–H groups in total. The Morgan fingerprint density at radius 1 is 1.64 bits per heavy atom. The molecule has 0 bridgehead atoms. The number of anilines is 1. The second-order valence-corrected chi connectivity index (χ2v) is 3.17. The number of hydrogen-bond acceptors (Lipinski definition) is 4. The van der Waals surface area contributed by atoms with Gasteiger partial charge in [0.2, 0.25) is 5.82 Å². The third kappa shape index (κ3) is 1.95. The van der Waals surface area contributed by atoms with Crippen molar-refractivity contribution in [1.29, 1.82) is 0 Å². The minimum atomic E-state index is -2.81. The highest BCUT2D eigenvalue weighted by Gasteiger charge is 2.22. The van der Waals surface area contributed by atoms with E-state index in [1.165, 1.54) is 0 Å². The molecule has 0 saturated carbocycles. The lowest BCUT2D eigenvalue weighted by Gasteiger charge is -2.02. The molecule has 1 rings (SSSR count). The average Bonchev–Trinajstić information content (AvgIpc) is 2.01. The molecule has 1 aromatic rings. The molecule has 1 heterocycles. The lowest BCUT2D eigenvalue weighted by Crippen LogP contribution is -2.02. The molecule has 0 aliphatic heterocycles. The summed E-state index contributed by atoms with van der Waals surface area (Å²) in [5.74, 6) is -0.528. The molecular weight excluding hydrogens is 264 g/mol. The fourth-order valence-corrected chi connectivity index (χ4v) is 1.42. The van der Waals surface area contributed by atoms with Gasteiger partial charge in [0.1, 0.15) is 10.2 Å². The first kappa shape index (κ1) is 10.8. The number of rotatable bonds is 2. The van der Waals surface area contributed by atoms with Gasteiger partial charge < -0.3 is 5.73 Å². The minimum absolute atomic E-state index is 0.106. The standard InChI is InChI=1S/C6H4BrF2N3O2/c7-2-1-3(5(8)9)11-6(10)4(2)12(13)14/h1,5H,(H2,10,11). The summed E-state index contributed by atoms with van der Waals surface area (Å²) in [6.07, 6.45) is -2.81. The SMILES string of the molecule is Nc1nc(C(F)F)cc(Br)c1[N+](=O)[O-]. The fourth-order valence-electron chi connectivity index (χ4n) is 0.837. The van der Waals surface area contributed by atoms with E-state index in [-0.39, 0.29) is 4.47 Å². The van der Waals surface area contributed by atoms with Crippen LogP contribution in [0.5, 0.6) is 0 Å². The summed E-state index contributed by atoms with van der Waals surface area (Å²) in [4.78, 5) is 12.8. The van der Waals surface area contributed by atoms with Crippen molar-refractivity contribution in [2.45, 2.75) is 6.43 Å². The maximum Gasteiger partial charge on any atom is 0.325 e. The second-order valence-electron chi connectivity index (χ2n) is 2.32. The second kappa shape index (κ2) is 3.82. The zero-order valence-corrected chi connectivity index (χ0v) is 8.16. The first-order valence-corrected chi connectivity index (χ1v) is 4.11. The van der Waals surface area contributed by atoms with Crippen LogP contribution in [0.1, 0.15) is 12.1 Å². The Bertz CT molecular complexity index is 362. The quantitative estimate of drug-likeness (QED) is 0.658. The van der Waals surface area contributed by atoms with E-state index in [0.29, 0.717) is 0 Å². The molecular formula is C6H4BrF2N3O2. The summed E-state index contributed by atoms with van der Waals surface area (Å²) in [5, 5.41) is 10.4. The summed E-state index contributed by atoms with van der Waals surface area (Å²) in [7, 11) is 0. The van der Waals surface area contributed by atoms with Crippen molar-refractivity contribution >= 4 is 27.4 Å². The first-order chi connectivity index (χ1) is 6.43. The van der Waals surface area contributed by atoms with Gasteiger partial charge in [-0.1, -0.05) is 0 Å². The van der Waals surface area contributed by atoms with Gasteiger partial charge in [0.25, 0.3) is 6.43 Å². The molecule has 0 aromatic carbocycles. The Morgan fingerprint density at radius 3 is 2.57 bits per heavy atom. The van der Waals surface area contributed by atoms with Crippen LogP contribution in [0.25, 0.3) is 0 Å². The van der Waals surface area contributed by atoms with Crippen molar-refractivity contribution in [2.75, 3.05) is 5.73 Å². The molecule has 0 radical (unpaired) electrons. The summed E-state index contributed by atoms with van der Waals surface area (Å²) in [6.45, 7) is 0. The van der Waals surface area contributed by atoms with Crippen molar-refractivity contribution in [1.82, 2.24) is 4.98 Å². The van der Waals surface area contributed by atoms with E-state index >= 15 is 0 Å². The molecule has 0 amide bonds. The number of nitrogen functional groups attached to an aromatic ring is 1. The average molecular weight is 268 g/mol. The van der Waals surface area contributed by atoms with E-state index in [4.69, 9.17) is 5.73 Å². The van der Waals surface area contributed by atoms with Gasteiger partial charge in [0.05, 0.1) is 4.92 Å². The normalized spacial score (nSPS) is 10.6. The van der Waals surface area contributed by atoms with E-state index < -0.39 is 28.5 Å². The molecule has 76 valence electrons. The predicted octanol–water partition coefficient (Wildman–Crippen LogP) is 2.27. The highest BCUT2D eigenvalue weighted by molar-refractivity contribution is 9.10. The molecule has 0 unspecified atom stereocenters. The Balaban J connectivity index is 3.32. The molecule has 0 atom stereocenters. The fraction of sp³-hybridized carbons (Fsp3) is 0.167. The number of halogens is 3. The molecule has 8 heteroatoms. The van der Waals surface area contributed by atoms with Gasteiger partial charge in [-0.3, -0.25) is 10.1 Å². The van der Waals surface area contributed by atoms with Crippen LogP contribution in [0.4, 0.5) is 20.3 Å². The molecule has 14 heavy (non-hydrogen) atoms. The number of nitrogens with zero attached hydrogens (tertiary/aromatic N) is 2. The molecule has 0 fully saturated rings. The van der Waals surface area contributed by atoms with Crippen LogP contribution in [0.3, 0.4) is 0 Å². The summed E-state index contributed by atoms with van der Waals surface area (Å²) >= 11 is 2.77. The lowest BCUT2D eigenvalue weighted by atomic mass is 10.3. The van der Waals surface area contributed by atoms with Gasteiger partial charge in [-0.25, -0.2) is 13.8 Å². The molecule has 0 saturated heterocycles. The van der Waals surface area contributed by atoms with E-state index in [9.17, 15) is 18.9 Å². The van der Waals surface area contributed by atoms with E-state index in [1.54, 1.807) is 0 Å². The van der Waals surface area contributed by atoms with Crippen LogP contribution in [0.2, 0.25) is 0 Å². The van der Waals surface area contributed by atoms with E-state index in [1.807, 2.05) is 0 Å². The molecule has 0 spiro atoms. The van der Waals surface area contributed by atoms with Crippen molar-refractivity contribution in [3.63, 3.8) is 0 Å². The maximum atomic E-state index is 12.2. The summed E-state index contributed by atoms with van der Waals surface area (Å²) in [5.41, 5.74) is 4.04. The number of nitro groups is 1. The number of aromatic nitrogens is 1. The number of alkyl halides is 2. The van der Waals surface area contributed by atoms with Gasteiger partial charge in [-0.05, 0) is 22.0 Å². The Labute approximate surface area is 85.2 Å². The van der Waals surface area contributed by atoms with Crippen molar-refractivity contribution in [3.8, 4) is 0 Å². The zero-order chi connectivity index (χ0) is 10.9. The Hall–Kier alpha value is -1.31. The van der Waals surface area contributed by atoms with Crippen molar-refractivity contribution in [2.24, 2.45) is 0 Å². The number of nitrogens with two attached hydrogens (primary N) is 1. The summed E-state index contributed by atoms with van der Waals surface area (Å²) < 4.78 is 24.2. The van der Waals surface area contributed by atoms with Crippen LogP contribution in [-0.4, -0.2) is 9.91 Å². The maximum absolute atomic E-state index is 12.2. The Kier molecular flexibility index (Phi) is 2.94. The van der Waals surface area contributed by atoms with E-state index in [2.05, 4.69) is 20.9 Å². The van der Waals surface area contributed by atoms with Gasteiger partial charge in [0.15, 0.2) is 0 Å². The first-order valence-electron chi connectivity index (χ1n) is 3.32. The topological polar surface area (TPSA) is 82.0 Å². The Morgan fingerprint density at radius 2 is 2.21 bits per heavy atom. The largest absolute Gasteiger partial charge is 0.378 e. The van der Waals surface area contributed by atoms with Gasteiger partial charge >= 0.3 is 5.69 Å². The third-order valence-electron chi connectivity index (χ3n) is 1.40. The van der Waals surface area contributed by atoms with E-state index in [0.717, 1.165) is 6.07 Å². The summed E-state index contributed by atoms with van der Waals surface area (Å²) in [6, 6.07) is 0.874. The van der Waals surface area contributed by atoms with Gasteiger partial charge in [-0.2, -0.15) is 0 Å². The molecule has 5 nitrogen and oxygen atoms in total. The zero-order valence-electron chi connectivity index (χ0n) is 6.58. The minimum Gasteiger partial charge on any atom is -0.378 e. The van der Waals surface area contributed by atoms with Crippen molar-refractivity contribution in [3.05, 3.63) is 26.3 Å². The highest BCUT2D eigenvalue weighted by atomic mass is 79.9. The molecule has 1 aromatic heterocycles. The van der Waals surface area contributed by atoms with Crippen LogP contribution in [0.15, 0.2) is 10.5 Å². The van der Waals surface area contributed by atoms with Crippen molar-refractivity contribution < 1.29 is 13.7 Å². The molecule has 0 aliphatic rings. The van der Waals surface area contributed by atoms with Crippen LogP contribution < -0.4 is 5.73 Å². The number of pyridine rings is 1. The highest BCUT2D eigenvalue weighted by Crippen LogP contribution is 2.32. The third-order valence-corrected chi connectivity index (χ3v) is 2.00. The van der Waals surface area contributed by atoms with Gasteiger partial charge in [-0.15, -0.1) is 0 Å². The molecule has 0 aliphatic carbocycles. The number of hydrogen-bond donors (Lipinski definition) is 1. The van der Waals surface area contributed by atoms with Crippen LogP contribution in [0, 0.1) is 10.1 Å². The monoisotopic (exact) mass is 267 g/mol.